The summed E-state index contributed by atoms with van der Waals surface area (Å²) in [6, 6.07) is 4.02. The van der Waals surface area contributed by atoms with E-state index in [1.54, 1.807) is 7.11 Å². The van der Waals surface area contributed by atoms with Crippen LogP contribution in [-0.2, 0) is 11.3 Å². The van der Waals surface area contributed by atoms with Gasteiger partial charge in [-0.15, -0.1) is 0 Å². The summed E-state index contributed by atoms with van der Waals surface area (Å²) < 4.78 is 17.0. The number of benzene rings is 1. The van der Waals surface area contributed by atoms with Gasteiger partial charge < -0.3 is 19.5 Å². The summed E-state index contributed by atoms with van der Waals surface area (Å²) in [5.41, 5.74) is 1.15. The second-order valence-electron chi connectivity index (χ2n) is 4.89. The van der Waals surface area contributed by atoms with E-state index in [0.717, 1.165) is 23.1 Å². The fraction of sp³-hybridized carbons (Fsp3) is 0.600. The number of halogens is 1. The van der Waals surface area contributed by atoms with Gasteiger partial charge in [0.1, 0.15) is 0 Å². The van der Waals surface area contributed by atoms with Crippen molar-refractivity contribution < 1.29 is 14.2 Å². The molecule has 0 atom stereocenters. The Balaban J connectivity index is 2.73. The molecule has 0 aliphatic carbocycles. The average molecular weight is 346 g/mol. The van der Waals surface area contributed by atoms with Crippen LogP contribution in [0.1, 0.15) is 26.3 Å². The molecule has 4 nitrogen and oxygen atoms in total. The van der Waals surface area contributed by atoms with Crippen molar-refractivity contribution in [3.05, 3.63) is 22.2 Å². The predicted octanol–water partition coefficient (Wildman–Crippen LogP) is 3.58. The summed E-state index contributed by atoms with van der Waals surface area (Å²) in [5, 5.41) is 3.41. The van der Waals surface area contributed by atoms with Crippen LogP contribution in [0.25, 0.3) is 0 Å². The molecule has 1 aromatic carbocycles. The van der Waals surface area contributed by atoms with Gasteiger partial charge >= 0.3 is 0 Å². The average Bonchev–Trinajstić information content (AvgIpc) is 2.40. The van der Waals surface area contributed by atoms with E-state index in [9.17, 15) is 0 Å². The number of hydrogen-bond acceptors (Lipinski definition) is 4. The van der Waals surface area contributed by atoms with Gasteiger partial charge in [0.2, 0.25) is 0 Å². The zero-order valence-corrected chi connectivity index (χ0v) is 14.2. The van der Waals surface area contributed by atoms with E-state index in [2.05, 4.69) is 35.1 Å². The van der Waals surface area contributed by atoms with E-state index in [-0.39, 0.29) is 6.79 Å². The minimum Gasteiger partial charge on any atom is -0.493 e. The second kappa shape index (κ2) is 9.21. The molecule has 0 fully saturated rings. The number of nitrogens with one attached hydrogen (secondary N) is 1. The van der Waals surface area contributed by atoms with E-state index in [1.807, 2.05) is 19.1 Å². The molecule has 0 saturated carbocycles. The fourth-order valence-electron chi connectivity index (χ4n) is 1.70. The number of hydrogen-bond donors (Lipinski definition) is 1. The maximum Gasteiger partial charge on any atom is 0.189 e. The Morgan fingerprint density at radius 3 is 2.65 bits per heavy atom. The maximum atomic E-state index is 5.58. The Hall–Kier alpha value is -0.780. The van der Waals surface area contributed by atoms with Crippen molar-refractivity contribution in [2.75, 3.05) is 27.1 Å². The van der Waals surface area contributed by atoms with Crippen molar-refractivity contribution >= 4 is 15.9 Å². The normalized spacial score (nSPS) is 10.9. The molecule has 0 bridgehead atoms. The number of rotatable bonds is 9. The molecule has 20 heavy (non-hydrogen) atoms. The molecule has 1 N–H and O–H groups in total. The van der Waals surface area contributed by atoms with Crippen molar-refractivity contribution in [2.45, 2.75) is 27.3 Å². The van der Waals surface area contributed by atoms with Gasteiger partial charge in [-0.05, 0) is 53.0 Å². The van der Waals surface area contributed by atoms with Gasteiger partial charge in [-0.3, -0.25) is 0 Å². The molecule has 5 heteroatoms. The Morgan fingerprint density at radius 1 is 1.30 bits per heavy atom. The van der Waals surface area contributed by atoms with Gasteiger partial charge in [-0.2, -0.15) is 0 Å². The molecule has 0 spiro atoms. The van der Waals surface area contributed by atoms with Crippen molar-refractivity contribution in [2.24, 2.45) is 5.92 Å². The van der Waals surface area contributed by atoms with Gasteiger partial charge in [-0.25, -0.2) is 0 Å². The van der Waals surface area contributed by atoms with Gasteiger partial charge in [0.15, 0.2) is 18.3 Å². The lowest BCUT2D eigenvalue weighted by Gasteiger charge is -2.15. The Bertz CT molecular complexity index is 410. The summed E-state index contributed by atoms with van der Waals surface area (Å²) in [7, 11) is 1.64. The van der Waals surface area contributed by atoms with Gasteiger partial charge in [0.25, 0.3) is 0 Å². The highest BCUT2D eigenvalue weighted by molar-refractivity contribution is 9.10. The van der Waals surface area contributed by atoms with Gasteiger partial charge in [0, 0.05) is 13.2 Å². The first-order valence-corrected chi connectivity index (χ1v) is 7.65. The summed E-state index contributed by atoms with van der Waals surface area (Å²) in [5.74, 6) is 2.02. The van der Waals surface area contributed by atoms with Crippen molar-refractivity contribution in [1.29, 1.82) is 0 Å². The van der Waals surface area contributed by atoms with Gasteiger partial charge in [-0.1, -0.05) is 13.8 Å². The molecule has 0 aliphatic rings. The van der Waals surface area contributed by atoms with E-state index in [4.69, 9.17) is 14.2 Å². The standard InChI is InChI=1S/C15H24BrNO3/c1-5-19-10-20-15-13(16)6-12(7-14(15)18-4)9-17-8-11(2)3/h6-7,11,17H,5,8-10H2,1-4H3. The van der Waals surface area contributed by atoms with Crippen molar-refractivity contribution in [1.82, 2.24) is 5.32 Å². The lowest BCUT2D eigenvalue weighted by Crippen LogP contribution is -2.19. The van der Waals surface area contributed by atoms with Crippen LogP contribution in [-0.4, -0.2) is 27.1 Å². The molecule has 0 unspecified atom stereocenters. The van der Waals surface area contributed by atoms with Crippen LogP contribution in [0, 0.1) is 5.92 Å². The highest BCUT2D eigenvalue weighted by atomic mass is 79.9. The summed E-state index contributed by atoms with van der Waals surface area (Å²) in [4.78, 5) is 0. The van der Waals surface area contributed by atoms with E-state index < -0.39 is 0 Å². The SMILES string of the molecule is CCOCOc1c(Br)cc(CNCC(C)C)cc1OC. The topological polar surface area (TPSA) is 39.7 Å². The predicted molar refractivity (Wildman–Crippen MR) is 84.4 cm³/mol. The molecule has 0 saturated heterocycles. The molecule has 0 heterocycles. The molecule has 1 aromatic rings. The molecule has 0 aromatic heterocycles. The Kier molecular flexibility index (Phi) is 7.95. The van der Waals surface area contributed by atoms with Crippen LogP contribution in [0.4, 0.5) is 0 Å². The quantitative estimate of drug-likeness (QED) is 0.548. The Morgan fingerprint density at radius 2 is 2.05 bits per heavy atom. The number of ether oxygens (including phenoxy) is 3. The maximum absolute atomic E-state index is 5.58. The summed E-state index contributed by atoms with van der Waals surface area (Å²) >= 11 is 3.52. The van der Waals surface area contributed by atoms with E-state index in [1.165, 1.54) is 0 Å². The highest BCUT2D eigenvalue weighted by Gasteiger charge is 2.11. The van der Waals surface area contributed by atoms with Crippen LogP contribution in [0.3, 0.4) is 0 Å². The minimum absolute atomic E-state index is 0.219. The summed E-state index contributed by atoms with van der Waals surface area (Å²) in [6.07, 6.45) is 0. The van der Waals surface area contributed by atoms with Crippen LogP contribution in [0.5, 0.6) is 11.5 Å². The first-order valence-electron chi connectivity index (χ1n) is 6.86. The first-order chi connectivity index (χ1) is 9.58. The van der Waals surface area contributed by atoms with E-state index >= 15 is 0 Å². The molecule has 0 amide bonds. The van der Waals surface area contributed by atoms with Crippen molar-refractivity contribution in [3.63, 3.8) is 0 Å². The molecule has 0 radical (unpaired) electrons. The third kappa shape index (κ3) is 5.69. The highest BCUT2D eigenvalue weighted by Crippen LogP contribution is 2.36. The number of methoxy groups -OCH3 is 1. The van der Waals surface area contributed by atoms with Crippen LogP contribution in [0.2, 0.25) is 0 Å². The zero-order chi connectivity index (χ0) is 15.0. The van der Waals surface area contributed by atoms with Crippen LogP contribution >= 0.6 is 15.9 Å². The molecular formula is C15H24BrNO3. The van der Waals surface area contributed by atoms with Crippen molar-refractivity contribution in [3.8, 4) is 11.5 Å². The second-order valence-corrected chi connectivity index (χ2v) is 5.74. The lowest BCUT2D eigenvalue weighted by molar-refractivity contribution is 0.0204. The van der Waals surface area contributed by atoms with Crippen LogP contribution in [0.15, 0.2) is 16.6 Å². The largest absolute Gasteiger partial charge is 0.493 e. The zero-order valence-electron chi connectivity index (χ0n) is 12.7. The summed E-state index contributed by atoms with van der Waals surface area (Å²) in [6.45, 7) is 8.94. The Labute approximate surface area is 129 Å². The minimum atomic E-state index is 0.219. The monoisotopic (exact) mass is 345 g/mol. The fourth-order valence-corrected chi connectivity index (χ4v) is 2.31. The van der Waals surface area contributed by atoms with Crippen LogP contribution < -0.4 is 14.8 Å². The lowest BCUT2D eigenvalue weighted by atomic mass is 10.2. The van der Waals surface area contributed by atoms with Gasteiger partial charge in [0.05, 0.1) is 11.6 Å². The first kappa shape index (κ1) is 17.3. The third-order valence-corrected chi connectivity index (χ3v) is 3.25. The molecular weight excluding hydrogens is 322 g/mol. The molecule has 1 rings (SSSR count). The molecule has 114 valence electrons. The molecule has 0 aliphatic heterocycles. The smallest absolute Gasteiger partial charge is 0.189 e. The van der Waals surface area contributed by atoms with E-state index in [0.29, 0.717) is 24.0 Å². The third-order valence-electron chi connectivity index (χ3n) is 2.66.